The van der Waals surface area contributed by atoms with Gasteiger partial charge in [-0.2, -0.15) is 0 Å². The third kappa shape index (κ3) is 15.9. The van der Waals surface area contributed by atoms with Crippen LogP contribution in [0.2, 0.25) is 0 Å². The van der Waals surface area contributed by atoms with Crippen LogP contribution in [-0.4, -0.2) is 45.4 Å². The molecule has 1 unspecified atom stereocenters. The van der Waals surface area contributed by atoms with Crippen molar-refractivity contribution in [3.63, 3.8) is 0 Å². The van der Waals surface area contributed by atoms with E-state index in [2.05, 4.69) is 0 Å². The van der Waals surface area contributed by atoms with Crippen LogP contribution in [0.3, 0.4) is 0 Å². The molecule has 168 valence electrons. The van der Waals surface area contributed by atoms with Crippen molar-refractivity contribution in [3.8, 4) is 0 Å². The summed E-state index contributed by atoms with van der Waals surface area (Å²) in [5, 5.41) is 0. The van der Waals surface area contributed by atoms with Crippen molar-refractivity contribution in [3.05, 3.63) is 0 Å². The molecule has 0 aliphatic heterocycles. The van der Waals surface area contributed by atoms with Crippen molar-refractivity contribution >= 4 is 7.82 Å². The van der Waals surface area contributed by atoms with Gasteiger partial charge in [-0.25, -0.2) is 0 Å². The van der Waals surface area contributed by atoms with Gasteiger partial charge >= 0.3 is 0 Å². The molecular weight excluding hydrogens is 373 g/mol. The van der Waals surface area contributed by atoms with Gasteiger partial charge in [0.05, 0.1) is 27.7 Å². The number of phosphoric acid groups is 1. The summed E-state index contributed by atoms with van der Waals surface area (Å²) in [6, 6.07) is 0. The Morgan fingerprint density at radius 3 is 1.82 bits per heavy atom. The van der Waals surface area contributed by atoms with Gasteiger partial charge in [-0.3, -0.25) is 4.57 Å². The fourth-order valence-electron chi connectivity index (χ4n) is 3.89. The van der Waals surface area contributed by atoms with E-state index in [1.807, 2.05) is 21.1 Å². The molecule has 0 aromatic carbocycles. The Balaban J connectivity index is 2.11. The molecule has 0 N–H and O–H groups in total. The van der Waals surface area contributed by atoms with E-state index in [0.29, 0.717) is 11.0 Å². The third-order valence-electron chi connectivity index (χ3n) is 5.74. The zero-order valence-corrected chi connectivity index (χ0v) is 19.7. The molecule has 0 heterocycles. The van der Waals surface area contributed by atoms with E-state index in [1.165, 1.54) is 83.5 Å². The molecule has 1 fully saturated rings. The van der Waals surface area contributed by atoms with Crippen molar-refractivity contribution in [2.75, 3.05) is 40.9 Å². The molecule has 1 rings (SSSR count). The lowest BCUT2D eigenvalue weighted by Gasteiger charge is -2.27. The Kier molecular flexibility index (Phi) is 13.9. The van der Waals surface area contributed by atoms with E-state index in [4.69, 9.17) is 9.05 Å². The lowest BCUT2D eigenvalue weighted by Crippen LogP contribution is -2.37. The van der Waals surface area contributed by atoms with Gasteiger partial charge in [0, 0.05) is 0 Å². The van der Waals surface area contributed by atoms with Crippen LogP contribution >= 0.6 is 7.82 Å². The average Bonchev–Trinajstić information content (AvgIpc) is 2.58. The number of likely N-dealkylation sites (N-methyl/N-ethyl adjacent to an activating group) is 1. The maximum absolute atomic E-state index is 11.8. The standard InChI is InChI=1S/C22H46NO4P/c1-23(2,3)19-21-27-28(24,25)26-20-15-11-14-18-22-16-12-9-7-5-4-6-8-10-13-17-22/h22H,4-21H2,1-3H3. The SMILES string of the molecule is C[N+](C)(C)CCOP(=O)([O-])OCCCCCC1CCCCCCCCCCC1. The first-order valence-corrected chi connectivity index (χ1v) is 13.2. The Morgan fingerprint density at radius 2 is 1.29 bits per heavy atom. The van der Waals surface area contributed by atoms with E-state index in [9.17, 15) is 9.46 Å². The molecule has 28 heavy (non-hydrogen) atoms. The van der Waals surface area contributed by atoms with Crippen molar-refractivity contribution in [2.45, 2.75) is 96.3 Å². The van der Waals surface area contributed by atoms with Crippen molar-refractivity contribution < 1.29 is 23.0 Å². The Labute approximate surface area is 174 Å². The minimum atomic E-state index is -4.14. The Bertz CT molecular complexity index is 413. The molecule has 0 radical (unpaired) electrons. The first-order chi connectivity index (χ1) is 13.3. The minimum absolute atomic E-state index is 0.173. The van der Waals surface area contributed by atoms with Crippen LogP contribution < -0.4 is 4.89 Å². The van der Waals surface area contributed by atoms with Gasteiger partial charge in [0.25, 0.3) is 7.82 Å². The highest BCUT2D eigenvalue weighted by atomic mass is 31.2. The Hall–Kier alpha value is 0.0700. The molecule has 0 spiro atoms. The Morgan fingerprint density at radius 1 is 0.786 bits per heavy atom. The first kappa shape index (κ1) is 26.1. The highest BCUT2D eigenvalue weighted by Crippen LogP contribution is 2.38. The molecule has 0 amide bonds. The van der Waals surface area contributed by atoms with E-state index in [-0.39, 0.29) is 13.2 Å². The van der Waals surface area contributed by atoms with Gasteiger partial charge in [-0.1, -0.05) is 89.9 Å². The molecule has 6 heteroatoms. The van der Waals surface area contributed by atoms with Crippen LogP contribution in [0.5, 0.6) is 0 Å². The number of unbranched alkanes of at least 4 members (excludes halogenated alkanes) is 2. The number of hydrogen-bond acceptors (Lipinski definition) is 4. The summed E-state index contributed by atoms with van der Waals surface area (Å²) in [4.78, 5) is 11.8. The van der Waals surface area contributed by atoms with Gasteiger partial charge in [0.1, 0.15) is 13.2 Å². The molecule has 1 aliphatic rings. The normalized spacial score (nSPS) is 20.9. The fourth-order valence-corrected chi connectivity index (χ4v) is 4.62. The van der Waals surface area contributed by atoms with E-state index in [0.717, 1.165) is 18.8 Å². The number of rotatable bonds is 11. The van der Waals surface area contributed by atoms with Crippen LogP contribution in [0, 0.1) is 5.92 Å². The first-order valence-electron chi connectivity index (χ1n) is 11.7. The second kappa shape index (κ2) is 15.0. The molecule has 0 aromatic heterocycles. The van der Waals surface area contributed by atoms with Crippen molar-refractivity contribution in [2.24, 2.45) is 5.92 Å². The van der Waals surface area contributed by atoms with Crippen LogP contribution in [0.4, 0.5) is 0 Å². The topological polar surface area (TPSA) is 58.6 Å². The molecule has 1 aliphatic carbocycles. The lowest BCUT2D eigenvalue weighted by atomic mass is 9.89. The summed E-state index contributed by atoms with van der Waals surface area (Å²) in [6.07, 6.45) is 19.7. The number of nitrogens with zero attached hydrogens (tertiary/aromatic N) is 1. The zero-order valence-electron chi connectivity index (χ0n) is 18.8. The predicted molar refractivity (Wildman–Crippen MR) is 115 cm³/mol. The van der Waals surface area contributed by atoms with Crippen LogP contribution in [-0.2, 0) is 13.6 Å². The monoisotopic (exact) mass is 419 g/mol. The maximum atomic E-state index is 11.8. The summed E-state index contributed by atoms with van der Waals surface area (Å²) in [7, 11) is 1.87. The molecule has 1 saturated carbocycles. The molecule has 1 atom stereocenters. The summed E-state index contributed by atoms with van der Waals surface area (Å²) in [6.45, 7) is 1.05. The summed E-state index contributed by atoms with van der Waals surface area (Å²) < 4.78 is 22.4. The second-order valence-corrected chi connectivity index (χ2v) is 11.0. The highest BCUT2D eigenvalue weighted by molar-refractivity contribution is 7.45. The largest absolute Gasteiger partial charge is 0.756 e. The molecule has 0 saturated heterocycles. The molecule has 5 nitrogen and oxygen atoms in total. The predicted octanol–water partition coefficient (Wildman–Crippen LogP) is 5.68. The fraction of sp³-hybridized carbons (Fsp3) is 1.00. The third-order valence-corrected chi connectivity index (χ3v) is 6.74. The molecule has 0 aromatic rings. The van der Waals surface area contributed by atoms with Crippen LogP contribution in [0.1, 0.15) is 96.3 Å². The second-order valence-electron chi connectivity index (χ2n) is 9.60. The van der Waals surface area contributed by atoms with Gasteiger partial charge in [0.2, 0.25) is 0 Å². The highest BCUT2D eigenvalue weighted by Gasteiger charge is 2.13. The minimum Gasteiger partial charge on any atom is -0.756 e. The van der Waals surface area contributed by atoms with E-state index in [1.54, 1.807) is 0 Å². The quantitative estimate of drug-likeness (QED) is 0.246. The number of hydrogen-bond donors (Lipinski definition) is 0. The van der Waals surface area contributed by atoms with Crippen LogP contribution in [0.15, 0.2) is 0 Å². The van der Waals surface area contributed by atoms with Gasteiger partial charge in [0.15, 0.2) is 0 Å². The summed E-state index contributed by atoms with van der Waals surface area (Å²) in [5.41, 5.74) is 0. The number of quaternary nitrogens is 1. The van der Waals surface area contributed by atoms with E-state index >= 15 is 0 Å². The van der Waals surface area contributed by atoms with Gasteiger partial charge in [-0.15, -0.1) is 0 Å². The molecule has 0 bridgehead atoms. The number of phosphoric ester groups is 1. The lowest BCUT2D eigenvalue weighted by molar-refractivity contribution is -0.870. The smallest absolute Gasteiger partial charge is 0.268 e. The summed E-state index contributed by atoms with van der Waals surface area (Å²) >= 11 is 0. The van der Waals surface area contributed by atoms with Crippen LogP contribution in [0.25, 0.3) is 0 Å². The van der Waals surface area contributed by atoms with E-state index < -0.39 is 7.82 Å². The van der Waals surface area contributed by atoms with Crippen molar-refractivity contribution in [1.29, 1.82) is 0 Å². The maximum Gasteiger partial charge on any atom is 0.268 e. The summed E-state index contributed by atoms with van der Waals surface area (Å²) in [5.74, 6) is 0.866. The van der Waals surface area contributed by atoms with Gasteiger partial charge in [-0.05, 0) is 12.3 Å². The average molecular weight is 420 g/mol. The molecular formula is C22H46NO4P. The van der Waals surface area contributed by atoms with Crippen molar-refractivity contribution in [1.82, 2.24) is 0 Å². The zero-order chi connectivity index (χ0) is 20.7. The van der Waals surface area contributed by atoms with Gasteiger partial charge < -0.3 is 18.4 Å².